The van der Waals surface area contributed by atoms with Crippen LogP contribution in [-0.4, -0.2) is 103 Å². The molecule has 0 spiro atoms. The summed E-state index contributed by atoms with van der Waals surface area (Å²) in [5.41, 5.74) is 5.34. The summed E-state index contributed by atoms with van der Waals surface area (Å²) in [5.74, 6) is 0. The van der Waals surface area contributed by atoms with Crippen LogP contribution in [0.3, 0.4) is 0 Å². The van der Waals surface area contributed by atoms with E-state index in [1.807, 2.05) is 14.2 Å². The van der Waals surface area contributed by atoms with E-state index in [-0.39, 0.29) is 0 Å². The summed E-state index contributed by atoms with van der Waals surface area (Å²) in [6, 6.07) is 1.22. The molecule has 1 rings (SSSR count). The summed E-state index contributed by atoms with van der Waals surface area (Å²) in [6.45, 7) is 22.1. The van der Waals surface area contributed by atoms with Crippen LogP contribution < -0.4 is 11.1 Å². The number of rotatable bonds is 11. The molecule has 0 aromatic rings. The van der Waals surface area contributed by atoms with Crippen molar-refractivity contribution in [1.29, 1.82) is 0 Å². The molecule has 1 fully saturated rings. The Morgan fingerprint density at radius 1 is 0.833 bits per heavy atom. The third-order valence-electron chi connectivity index (χ3n) is 4.88. The van der Waals surface area contributed by atoms with Gasteiger partial charge in [0.15, 0.2) is 25.0 Å². The molecule has 0 bridgehead atoms. The molecule has 0 amide bonds. The van der Waals surface area contributed by atoms with Gasteiger partial charge in [0.25, 0.3) is 0 Å². The van der Waals surface area contributed by atoms with Crippen LogP contribution in [-0.2, 0) is 18.0 Å². The molecule has 30 heavy (non-hydrogen) atoms. The first-order chi connectivity index (χ1) is 13.8. The number of morpholine rings is 1. The van der Waals surface area contributed by atoms with Crippen LogP contribution in [0, 0.1) is 0 Å². The second-order valence-corrected chi connectivity index (χ2v) is 23.1. The molecule has 3 N–H and O–H groups in total. The van der Waals surface area contributed by atoms with Crippen molar-refractivity contribution in [1.82, 2.24) is 10.2 Å². The van der Waals surface area contributed by atoms with E-state index in [4.69, 9.17) is 23.7 Å². The Labute approximate surface area is 190 Å². The Balaban J connectivity index is 0. The van der Waals surface area contributed by atoms with Gasteiger partial charge in [-0.25, -0.2) is 0 Å². The van der Waals surface area contributed by atoms with E-state index in [9.17, 15) is 0 Å². The molecule has 0 unspecified atom stereocenters. The van der Waals surface area contributed by atoms with E-state index in [1.165, 1.54) is 12.5 Å². The van der Waals surface area contributed by atoms with Gasteiger partial charge in [0.05, 0.1) is 13.2 Å². The third-order valence-corrected chi connectivity index (χ3v) is 11.1. The molecule has 1 heterocycles. The summed E-state index contributed by atoms with van der Waals surface area (Å²) in [6.07, 6.45) is 2.33. The van der Waals surface area contributed by atoms with Crippen LogP contribution in [0.4, 0.5) is 0 Å². The van der Waals surface area contributed by atoms with Crippen LogP contribution >= 0.6 is 0 Å². The van der Waals surface area contributed by atoms with Crippen LogP contribution in [0.15, 0.2) is 0 Å². The maximum absolute atomic E-state index is 5.50. The summed E-state index contributed by atoms with van der Waals surface area (Å²) >= 11 is 0. The topological polar surface area (TPSA) is 78.2 Å². The standard InChI is InChI=1S/C8H22N2OSi.C8H19NO2Si.C4H12OSi/c1-11-12(2,3)8-4-6-10-7-5-9;1-10-12(2,3)8-9-4-6-11-7-5-9;1-5-6(2,3)4/h10H,4-9H2,1-3H3;4-8H2,1-3H3;1-4H3. The van der Waals surface area contributed by atoms with Crippen molar-refractivity contribution in [2.45, 2.75) is 58.3 Å². The maximum Gasteiger partial charge on any atom is 0.199 e. The van der Waals surface area contributed by atoms with Crippen LogP contribution in [0.25, 0.3) is 0 Å². The summed E-state index contributed by atoms with van der Waals surface area (Å²) in [5, 5.41) is 3.27. The van der Waals surface area contributed by atoms with Gasteiger partial charge in [0.1, 0.15) is 0 Å². The number of nitrogens with two attached hydrogens (primary N) is 1. The van der Waals surface area contributed by atoms with Crippen LogP contribution in [0.1, 0.15) is 6.42 Å². The van der Waals surface area contributed by atoms with Gasteiger partial charge in [0.2, 0.25) is 0 Å². The Morgan fingerprint density at radius 2 is 1.33 bits per heavy atom. The molecule has 1 saturated heterocycles. The smallest absolute Gasteiger partial charge is 0.199 e. The predicted octanol–water partition coefficient (Wildman–Crippen LogP) is 2.95. The average molecular weight is 484 g/mol. The molecule has 10 heteroatoms. The quantitative estimate of drug-likeness (QED) is 0.345. The molecule has 1 aliphatic rings. The molecule has 184 valence electrons. The molecule has 1 aliphatic heterocycles. The number of hydrogen-bond donors (Lipinski definition) is 2. The second-order valence-electron chi connectivity index (χ2n) is 9.77. The summed E-state index contributed by atoms with van der Waals surface area (Å²) < 4.78 is 21.3. The molecule has 0 saturated carbocycles. The van der Waals surface area contributed by atoms with E-state index in [0.29, 0.717) is 0 Å². The minimum atomic E-state index is -1.39. The molecule has 0 atom stereocenters. The van der Waals surface area contributed by atoms with Gasteiger partial charge in [-0.3, -0.25) is 4.90 Å². The van der Waals surface area contributed by atoms with Crippen LogP contribution in [0.5, 0.6) is 0 Å². The first-order valence-corrected chi connectivity index (χ1v) is 20.8. The van der Waals surface area contributed by atoms with E-state index >= 15 is 0 Å². The normalized spacial score (nSPS) is 15.7. The average Bonchev–Trinajstić information content (AvgIpc) is 2.69. The highest BCUT2D eigenvalue weighted by atomic mass is 28.4. The lowest BCUT2D eigenvalue weighted by molar-refractivity contribution is 0.0438. The monoisotopic (exact) mass is 483 g/mol. The van der Waals surface area contributed by atoms with Gasteiger partial charge in [-0.15, -0.1) is 0 Å². The Hall–Kier alpha value is 0.371. The van der Waals surface area contributed by atoms with Crippen molar-refractivity contribution in [3.05, 3.63) is 0 Å². The van der Waals surface area contributed by atoms with Crippen molar-refractivity contribution >= 4 is 25.0 Å². The predicted molar refractivity (Wildman–Crippen MR) is 138 cm³/mol. The third kappa shape index (κ3) is 23.0. The SMILES string of the molecule is CO[Si](C)(C)C.CO[Si](C)(C)CCCNCCN.CO[Si](C)(C)CN1CCOCC1. The molecule has 7 nitrogen and oxygen atoms in total. The summed E-state index contributed by atoms with van der Waals surface area (Å²) in [4.78, 5) is 2.44. The highest BCUT2D eigenvalue weighted by molar-refractivity contribution is 6.71. The Morgan fingerprint density at radius 3 is 1.73 bits per heavy atom. The molecular weight excluding hydrogens is 430 g/mol. The largest absolute Gasteiger partial charge is 0.421 e. The number of ether oxygens (including phenoxy) is 1. The fourth-order valence-electron chi connectivity index (χ4n) is 2.33. The van der Waals surface area contributed by atoms with Crippen molar-refractivity contribution in [2.24, 2.45) is 5.73 Å². The fraction of sp³-hybridized carbons (Fsp3) is 1.00. The molecule has 0 aromatic heterocycles. The second kappa shape index (κ2) is 17.9. The molecular formula is C20H53N3O4Si3. The van der Waals surface area contributed by atoms with E-state index in [1.54, 1.807) is 7.11 Å². The zero-order valence-corrected chi connectivity index (χ0v) is 24.7. The van der Waals surface area contributed by atoms with Crippen molar-refractivity contribution in [2.75, 3.05) is 73.4 Å². The lowest BCUT2D eigenvalue weighted by atomic mass is 10.5. The van der Waals surface area contributed by atoms with Gasteiger partial charge in [-0.05, 0) is 64.8 Å². The van der Waals surface area contributed by atoms with E-state index in [0.717, 1.165) is 52.1 Å². The Kier molecular flexibility index (Phi) is 19.4. The number of nitrogens with zero attached hydrogens (tertiary/aromatic N) is 1. The molecule has 0 radical (unpaired) electrons. The zero-order chi connectivity index (χ0) is 23.7. The van der Waals surface area contributed by atoms with Gasteiger partial charge in [0, 0.05) is 53.7 Å². The number of nitrogens with one attached hydrogen (secondary N) is 1. The minimum absolute atomic E-state index is 0.727. The lowest BCUT2D eigenvalue weighted by Crippen LogP contribution is -2.48. The van der Waals surface area contributed by atoms with Gasteiger partial charge in [-0.2, -0.15) is 0 Å². The first kappa shape index (κ1) is 32.5. The lowest BCUT2D eigenvalue weighted by Gasteiger charge is -2.32. The van der Waals surface area contributed by atoms with Crippen molar-refractivity contribution < 1.29 is 18.0 Å². The van der Waals surface area contributed by atoms with Gasteiger partial charge >= 0.3 is 0 Å². The minimum Gasteiger partial charge on any atom is -0.421 e. The van der Waals surface area contributed by atoms with E-state index in [2.05, 4.69) is 56.0 Å². The Bertz CT molecular complexity index is 392. The molecule has 0 aliphatic carbocycles. The first-order valence-electron chi connectivity index (χ1n) is 11.2. The van der Waals surface area contributed by atoms with Gasteiger partial charge < -0.3 is 29.1 Å². The van der Waals surface area contributed by atoms with E-state index < -0.39 is 25.0 Å². The van der Waals surface area contributed by atoms with Gasteiger partial charge in [-0.1, -0.05) is 0 Å². The maximum atomic E-state index is 5.50. The fourth-order valence-corrected chi connectivity index (χ4v) is 5.09. The highest BCUT2D eigenvalue weighted by Crippen LogP contribution is 2.11. The van der Waals surface area contributed by atoms with Crippen molar-refractivity contribution in [3.63, 3.8) is 0 Å². The number of hydrogen-bond acceptors (Lipinski definition) is 7. The molecule has 0 aromatic carbocycles. The summed E-state index contributed by atoms with van der Waals surface area (Å²) in [7, 11) is 1.58. The van der Waals surface area contributed by atoms with Crippen molar-refractivity contribution in [3.8, 4) is 0 Å². The highest BCUT2D eigenvalue weighted by Gasteiger charge is 2.25. The zero-order valence-electron chi connectivity index (χ0n) is 21.7. The van der Waals surface area contributed by atoms with Crippen LogP contribution in [0.2, 0.25) is 51.9 Å².